The molecule has 0 fully saturated rings. The minimum atomic E-state index is -0.212. The second kappa shape index (κ2) is 6.55. The largest absolute Gasteiger partial charge is 0.279 e. The minimum absolute atomic E-state index is 0.209. The summed E-state index contributed by atoms with van der Waals surface area (Å²) in [5, 5.41) is 0.776. The van der Waals surface area contributed by atoms with Crippen LogP contribution in [0.5, 0.6) is 0 Å². The second-order valence-electron chi connectivity index (χ2n) is 3.83. The summed E-state index contributed by atoms with van der Waals surface area (Å²) in [7, 11) is 0. The number of amides is 2. The summed E-state index contributed by atoms with van der Waals surface area (Å²) >= 11 is 3.30. The highest BCUT2D eigenvalue weighted by Gasteiger charge is 2.20. The van der Waals surface area contributed by atoms with Crippen molar-refractivity contribution in [3.05, 3.63) is 35.4 Å². The summed E-state index contributed by atoms with van der Waals surface area (Å²) in [4.78, 5) is 25.0. The Bertz CT molecular complexity index is 418. The molecule has 17 heavy (non-hydrogen) atoms. The summed E-state index contributed by atoms with van der Waals surface area (Å²) in [6.07, 6.45) is 0.761. The van der Waals surface area contributed by atoms with Crippen LogP contribution in [0.4, 0.5) is 0 Å². The van der Waals surface area contributed by atoms with Crippen LogP contribution in [0.2, 0.25) is 0 Å². The maximum atomic E-state index is 12.2. The SMILES string of the molecule is CC(=O)N(CCCBr)C(=O)c1ccccc1C. The van der Waals surface area contributed by atoms with Gasteiger partial charge in [0.25, 0.3) is 5.91 Å². The van der Waals surface area contributed by atoms with Gasteiger partial charge in [0.15, 0.2) is 0 Å². The van der Waals surface area contributed by atoms with Gasteiger partial charge >= 0.3 is 0 Å². The average Bonchev–Trinajstić information content (AvgIpc) is 2.29. The van der Waals surface area contributed by atoms with E-state index in [0.717, 1.165) is 17.3 Å². The van der Waals surface area contributed by atoms with Crippen LogP contribution >= 0.6 is 15.9 Å². The summed E-state index contributed by atoms with van der Waals surface area (Å²) in [5.41, 5.74) is 1.49. The standard InChI is InChI=1S/C13H16BrNO2/c1-10-6-3-4-7-12(10)13(17)15(11(2)16)9-5-8-14/h3-4,6-7H,5,8-9H2,1-2H3. The Morgan fingerprint density at radius 1 is 1.29 bits per heavy atom. The molecule has 0 saturated heterocycles. The van der Waals surface area contributed by atoms with Crippen molar-refractivity contribution in [3.8, 4) is 0 Å². The highest BCUT2D eigenvalue weighted by Crippen LogP contribution is 2.11. The molecule has 0 unspecified atom stereocenters. The van der Waals surface area contributed by atoms with E-state index in [1.54, 1.807) is 6.07 Å². The maximum Gasteiger partial charge on any atom is 0.260 e. The smallest absolute Gasteiger partial charge is 0.260 e. The van der Waals surface area contributed by atoms with E-state index >= 15 is 0 Å². The third-order valence-electron chi connectivity index (χ3n) is 2.52. The van der Waals surface area contributed by atoms with Gasteiger partial charge in [-0.05, 0) is 25.0 Å². The van der Waals surface area contributed by atoms with Crippen LogP contribution in [0, 0.1) is 6.92 Å². The van der Waals surface area contributed by atoms with E-state index in [0.29, 0.717) is 12.1 Å². The summed E-state index contributed by atoms with van der Waals surface area (Å²) in [5.74, 6) is -0.421. The van der Waals surface area contributed by atoms with Crippen LogP contribution in [0.1, 0.15) is 29.3 Å². The molecule has 0 aromatic heterocycles. The van der Waals surface area contributed by atoms with Gasteiger partial charge in [-0.1, -0.05) is 34.1 Å². The molecule has 0 spiro atoms. The highest BCUT2D eigenvalue weighted by atomic mass is 79.9. The van der Waals surface area contributed by atoms with E-state index in [1.165, 1.54) is 11.8 Å². The number of imide groups is 1. The third kappa shape index (κ3) is 3.66. The molecule has 0 aliphatic carbocycles. The number of halogens is 1. The average molecular weight is 298 g/mol. The van der Waals surface area contributed by atoms with Crippen LogP contribution < -0.4 is 0 Å². The van der Waals surface area contributed by atoms with E-state index in [-0.39, 0.29) is 11.8 Å². The number of hydrogen-bond donors (Lipinski definition) is 0. The van der Waals surface area contributed by atoms with Gasteiger partial charge in [-0.3, -0.25) is 14.5 Å². The van der Waals surface area contributed by atoms with E-state index in [4.69, 9.17) is 0 Å². The Morgan fingerprint density at radius 3 is 2.47 bits per heavy atom. The fourth-order valence-corrected chi connectivity index (χ4v) is 1.83. The molecule has 0 N–H and O–H groups in total. The Kier molecular flexibility index (Phi) is 5.35. The molecule has 0 atom stereocenters. The molecular weight excluding hydrogens is 282 g/mol. The Morgan fingerprint density at radius 2 is 1.94 bits per heavy atom. The number of aryl methyl sites for hydroxylation is 1. The Hall–Kier alpha value is -1.16. The van der Waals surface area contributed by atoms with Crippen molar-refractivity contribution >= 4 is 27.7 Å². The maximum absolute atomic E-state index is 12.2. The van der Waals surface area contributed by atoms with E-state index in [1.807, 2.05) is 25.1 Å². The molecule has 0 saturated carbocycles. The number of rotatable bonds is 4. The molecule has 0 aliphatic rings. The van der Waals surface area contributed by atoms with Crippen LogP contribution in [0.25, 0.3) is 0 Å². The van der Waals surface area contributed by atoms with Gasteiger partial charge < -0.3 is 0 Å². The van der Waals surface area contributed by atoms with Crippen molar-refractivity contribution < 1.29 is 9.59 Å². The molecular formula is C13H16BrNO2. The lowest BCUT2D eigenvalue weighted by Gasteiger charge is -2.19. The number of carbonyl (C=O) groups is 2. The molecule has 1 rings (SSSR count). The molecule has 0 aliphatic heterocycles. The highest BCUT2D eigenvalue weighted by molar-refractivity contribution is 9.09. The number of carbonyl (C=O) groups excluding carboxylic acids is 2. The van der Waals surface area contributed by atoms with Crippen molar-refractivity contribution in [2.24, 2.45) is 0 Å². The zero-order valence-corrected chi connectivity index (χ0v) is 11.7. The molecule has 0 heterocycles. The predicted molar refractivity (Wildman–Crippen MR) is 71.3 cm³/mol. The van der Waals surface area contributed by atoms with Crippen LogP contribution in [-0.4, -0.2) is 28.6 Å². The lowest BCUT2D eigenvalue weighted by atomic mass is 10.1. The first kappa shape index (κ1) is 13.9. The first-order chi connectivity index (χ1) is 8.07. The third-order valence-corrected chi connectivity index (χ3v) is 3.08. The fourth-order valence-electron chi connectivity index (χ4n) is 1.58. The van der Waals surface area contributed by atoms with Gasteiger partial charge in [-0.15, -0.1) is 0 Å². The summed E-state index contributed by atoms with van der Waals surface area (Å²) in [6, 6.07) is 7.31. The Balaban J connectivity index is 2.92. The normalized spacial score (nSPS) is 10.1. The lowest BCUT2D eigenvalue weighted by molar-refractivity contribution is -0.126. The zero-order chi connectivity index (χ0) is 12.8. The predicted octanol–water partition coefficient (Wildman–Crippen LogP) is 2.77. The number of nitrogens with zero attached hydrogens (tertiary/aromatic N) is 1. The van der Waals surface area contributed by atoms with Gasteiger partial charge in [0.1, 0.15) is 0 Å². The van der Waals surface area contributed by atoms with Crippen LogP contribution in [0.15, 0.2) is 24.3 Å². The second-order valence-corrected chi connectivity index (χ2v) is 4.63. The van der Waals surface area contributed by atoms with Gasteiger partial charge in [0, 0.05) is 24.4 Å². The molecule has 1 aromatic carbocycles. The molecule has 92 valence electrons. The van der Waals surface area contributed by atoms with Crippen molar-refractivity contribution in [3.63, 3.8) is 0 Å². The molecule has 0 bridgehead atoms. The monoisotopic (exact) mass is 297 g/mol. The molecule has 0 radical (unpaired) electrons. The number of hydrogen-bond acceptors (Lipinski definition) is 2. The summed E-state index contributed by atoms with van der Waals surface area (Å²) < 4.78 is 0. The van der Waals surface area contributed by atoms with E-state index in [2.05, 4.69) is 15.9 Å². The quantitative estimate of drug-likeness (QED) is 0.802. The zero-order valence-electron chi connectivity index (χ0n) is 10.1. The van der Waals surface area contributed by atoms with E-state index < -0.39 is 0 Å². The van der Waals surface area contributed by atoms with Crippen molar-refractivity contribution in [2.45, 2.75) is 20.3 Å². The molecule has 2 amide bonds. The van der Waals surface area contributed by atoms with Crippen molar-refractivity contribution in [1.82, 2.24) is 4.90 Å². The van der Waals surface area contributed by atoms with Crippen molar-refractivity contribution in [2.75, 3.05) is 11.9 Å². The van der Waals surface area contributed by atoms with Gasteiger partial charge in [-0.2, -0.15) is 0 Å². The summed E-state index contributed by atoms with van der Waals surface area (Å²) in [6.45, 7) is 3.74. The topological polar surface area (TPSA) is 37.4 Å². The first-order valence-corrected chi connectivity index (χ1v) is 6.64. The fraction of sp³-hybridized carbons (Fsp3) is 0.385. The molecule has 4 heteroatoms. The van der Waals surface area contributed by atoms with Crippen LogP contribution in [-0.2, 0) is 4.79 Å². The van der Waals surface area contributed by atoms with Gasteiger partial charge in [0.05, 0.1) is 0 Å². The molecule has 1 aromatic rings. The minimum Gasteiger partial charge on any atom is -0.279 e. The number of alkyl halides is 1. The van der Waals surface area contributed by atoms with E-state index in [9.17, 15) is 9.59 Å². The van der Waals surface area contributed by atoms with Gasteiger partial charge in [0.2, 0.25) is 5.91 Å². The lowest BCUT2D eigenvalue weighted by Crippen LogP contribution is -2.36. The van der Waals surface area contributed by atoms with Crippen molar-refractivity contribution in [1.29, 1.82) is 0 Å². The Labute approximate surface area is 110 Å². The first-order valence-electron chi connectivity index (χ1n) is 5.52. The number of benzene rings is 1. The molecule has 3 nitrogen and oxygen atoms in total. The van der Waals surface area contributed by atoms with Crippen LogP contribution in [0.3, 0.4) is 0 Å². The van der Waals surface area contributed by atoms with Gasteiger partial charge in [-0.25, -0.2) is 0 Å².